The van der Waals surface area contributed by atoms with Crippen molar-refractivity contribution in [1.82, 2.24) is 0 Å². The third-order valence-electron chi connectivity index (χ3n) is 0.998. The molecular weight excluding hydrogens is 200 g/mol. The predicted molar refractivity (Wildman–Crippen MR) is 55.5 cm³/mol. The zero-order valence-corrected chi connectivity index (χ0v) is 9.07. The maximum absolute atomic E-state index is 10.2. The lowest BCUT2D eigenvalue weighted by molar-refractivity contribution is 0.561. The quantitative estimate of drug-likeness (QED) is 0.401. The Labute approximate surface area is 78.6 Å². The summed E-state index contributed by atoms with van der Waals surface area (Å²) in [7, 11) is 3.69. The van der Waals surface area contributed by atoms with E-state index in [1.165, 1.54) is 0 Å². The van der Waals surface area contributed by atoms with Crippen molar-refractivity contribution >= 4 is 32.7 Å². The van der Waals surface area contributed by atoms with Crippen LogP contribution in [0.2, 0.25) is 0 Å². The van der Waals surface area contributed by atoms with Crippen LogP contribution in [0.25, 0.3) is 0 Å². The molecule has 0 saturated carbocycles. The summed E-state index contributed by atoms with van der Waals surface area (Å²) in [4.78, 5) is 0. The Morgan fingerprint density at radius 2 is 2.09 bits per heavy atom. The summed E-state index contributed by atoms with van der Waals surface area (Å²) in [5.74, 6) is 2.66. The molecular formula is C6H14O2S3. The Hall–Kier alpha value is 0.810. The fraction of sp³-hybridized carbons (Fsp3) is 1.00. The third kappa shape index (κ3) is 10.8. The van der Waals surface area contributed by atoms with Crippen molar-refractivity contribution in [3.8, 4) is 0 Å². The lowest BCUT2D eigenvalue weighted by Crippen LogP contribution is -1.94. The van der Waals surface area contributed by atoms with Crippen molar-refractivity contribution in [2.24, 2.45) is 0 Å². The van der Waals surface area contributed by atoms with E-state index >= 15 is 0 Å². The van der Waals surface area contributed by atoms with Gasteiger partial charge in [-0.1, -0.05) is 28.5 Å². The Kier molecular flexibility index (Phi) is 9.56. The average Bonchev–Trinajstić information content (AvgIpc) is 1.96. The second-order valence-electron chi connectivity index (χ2n) is 1.96. The summed E-state index contributed by atoms with van der Waals surface area (Å²) >= 11 is -1.59. The molecule has 0 bridgehead atoms. The molecule has 0 aromatic heterocycles. The number of hydrogen-bond donors (Lipinski definition) is 1. The van der Waals surface area contributed by atoms with E-state index in [9.17, 15) is 4.21 Å². The second-order valence-corrected chi connectivity index (χ2v) is 5.88. The molecule has 0 saturated heterocycles. The summed E-state index contributed by atoms with van der Waals surface area (Å²) in [6.07, 6.45) is 1.91. The van der Waals surface area contributed by atoms with Gasteiger partial charge in [0, 0.05) is 17.3 Å². The summed E-state index contributed by atoms with van der Waals surface area (Å²) in [6, 6.07) is 0. The van der Waals surface area contributed by atoms with Gasteiger partial charge in [0.25, 0.3) is 0 Å². The van der Waals surface area contributed by atoms with E-state index < -0.39 is 11.1 Å². The summed E-state index contributed by atoms with van der Waals surface area (Å²) in [5.41, 5.74) is 0. The first-order valence-corrected chi connectivity index (χ1v) is 7.35. The molecule has 1 unspecified atom stereocenters. The summed E-state index contributed by atoms with van der Waals surface area (Å²) < 4.78 is 18.6. The molecule has 68 valence electrons. The Morgan fingerprint density at radius 3 is 2.64 bits per heavy atom. The van der Waals surface area contributed by atoms with Crippen molar-refractivity contribution in [3.63, 3.8) is 0 Å². The van der Waals surface area contributed by atoms with Crippen LogP contribution in [0.3, 0.4) is 0 Å². The van der Waals surface area contributed by atoms with Gasteiger partial charge in [0.15, 0.2) is 11.1 Å². The first kappa shape index (κ1) is 11.8. The SMILES string of the molecule is CCSSCCCCS(=O)O. The Morgan fingerprint density at radius 1 is 1.36 bits per heavy atom. The highest BCUT2D eigenvalue weighted by molar-refractivity contribution is 8.76. The fourth-order valence-electron chi connectivity index (χ4n) is 0.529. The van der Waals surface area contributed by atoms with E-state index in [0.29, 0.717) is 5.75 Å². The smallest absolute Gasteiger partial charge is 0.152 e. The van der Waals surface area contributed by atoms with Crippen LogP contribution in [0.1, 0.15) is 19.8 Å². The van der Waals surface area contributed by atoms with Crippen LogP contribution in [-0.2, 0) is 11.1 Å². The van der Waals surface area contributed by atoms with E-state index in [2.05, 4.69) is 6.92 Å². The zero-order valence-electron chi connectivity index (χ0n) is 6.62. The van der Waals surface area contributed by atoms with E-state index in [-0.39, 0.29) is 0 Å². The number of unbranched alkanes of at least 4 members (excludes halogenated alkanes) is 1. The van der Waals surface area contributed by atoms with Crippen LogP contribution in [0.15, 0.2) is 0 Å². The average molecular weight is 214 g/mol. The number of rotatable bonds is 7. The topological polar surface area (TPSA) is 37.3 Å². The van der Waals surface area contributed by atoms with Crippen LogP contribution in [0.5, 0.6) is 0 Å². The lowest BCUT2D eigenvalue weighted by atomic mass is 10.4. The maximum Gasteiger partial charge on any atom is 0.152 e. The lowest BCUT2D eigenvalue weighted by Gasteiger charge is -1.96. The van der Waals surface area contributed by atoms with Crippen molar-refractivity contribution in [3.05, 3.63) is 0 Å². The first-order chi connectivity index (χ1) is 5.27. The summed E-state index contributed by atoms with van der Waals surface area (Å²) in [5, 5.41) is 0. The molecule has 0 fully saturated rings. The van der Waals surface area contributed by atoms with Gasteiger partial charge in [0.2, 0.25) is 0 Å². The largest absolute Gasteiger partial charge is 0.306 e. The highest BCUT2D eigenvalue weighted by Gasteiger charge is 1.93. The highest BCUT2D eigenvalue weighted by atomic mass is 33.1. The highest BCUT2D eigenvalue weighted by Crippen LogP contribution is 2.21. The van der Waals surface area contributed by atoms with Crippen molar-refractivity contribution in [1.29, 1.82) is 0 Å². The normalized spacial score (nSPS) is 13.3. The van der Waals surface area contributed by atoms with Gasteiger partial charge in [0.05, 0.1) is 0 Å². The molecule has 1 atom stereocenters. The molecule has 0 aromatic rings. The maximum atomic E-state index is 10.2. The van der Waals surface area contributed by atoms with Gasteiger partial charge in [-0.3, -0.25) is 0 Å². The van der Waals surface area contributed by atoms with Gasteiger partial charge >= 0.3 is 0 Å². The molecule has 2 nitrogen and oxygen atoms in total. The van der Waals surface area contributed by atoms with Crippen LogP contribution in [0.4, 0.5) is 0 Å². The molecule has 0 spiro atoms. The standard InChI is InChI=1S/C6H14O2S3/c1-2-9-10-5-3-4-6-11(7)8/h2-6H2,1H3,(H,7,8). The number of hydrogen-bond acceptors (Lipinski definition) is 3. The molecule has 0 aliphatic rings. The monoisotopic (exact) mass is 214 g/mol. The zero-order chi connectivity index (χ0) is 8.53. The van der Waals surface area contributed by atoms with E-state index in [4.69, 9.17) is 4.55 Å². The molecule has 0 aromatic carbocycles. The summed E-state index contributed by atoms with van der Waals surface area (Å²) in [6.45, 7) is 2.13. The predicted octanol–water partition coefficient (Wildman–Crippen LogP) is 2.39. The molecule has 0 aliphatic heterocycles. The van der Waals surface area contributed by atoms with E-state index in [0.717, 1.165) is 24.3 Å². The van der Waals surface area contributed by atoms with E-state index in [1.54, 1.807) is 0 Å². The first-order valence-electron chi connectivity index (χ1n) is 3.59. The van der Waals surface area contributed by atoms with Crippen LogP contribution in [-0.4, -0.2) is 26.0 Å². The molecule has 0 radical (unpaired) electrons. The fourth-order valence-corrected chi connectivity index (χ4v) is 2.79. The van der Waals surface area contributed by atoms with Crippen molar-refractivity contribution in [2.45, 2.75) is 19.8 Å². The van der Waals surface area contributed by atoms with Crippen LogP contribution < -0.4 is 0 Å². The molecule has 0 aliphatic carbocycles. The Bertz CT molecular complexity index is 108. The van der Waals surface area contributed by atoms with Gasteiger partial charge < -0.3 is 4.55 Å². The van der Waals surface area contributed by atoms with Gasteiger partial charge in [-0.2, -0.15) is 0 Å². The molecule has 0 heterocycles. The third-order valence-corrected chi connectivity index (χ3v) is 4.20. The molecule has 5 heteroatoms. The van der Waals surface area contributed by atoms with Gasteiger partial charge in [0.1, 0.15) is 0 Å². The molecule has 11 heavy (non-hydrogen) atoms. The molecule has 0 amide bonds. The van der Waals surface area contributed by atoms with Crippen molar-refractivity contribution < 1.29 is 8.76 Å². The Balaban J connectivity index is 2.85. The van der Waals surface area contributed by atoms with Crippen LogP contribution >= 0.6 is 21.6 Å². The van der Waals surface area contributed by atoms with E-state index in [1.807, 2.05) is 21.6 Å². The molecule has 1 N–H and O–H groups in total. The second kappa shape index (κ2) is 8.90. The minimum absolute atomic E-state index is 0.428. The van der Waals surface area contributed by atoms with Crippen LogP contribution in [0, 0.1) is 0 Å². The minimum Gasteiger partial charge on any atom is -0.306 e. The minimum atomic E-state index is -1.59. The van der Waals surface area contributed by atoms with Crippen molar-refractivity contribution in [2.75, 3.05) is 17.3 Å². The molecule has 0 rings (SSSR count). The van der Waals surface area contributed by atoms with Gasteiger partial charge in [-0.15, -0.1) is 0 Å². The van der Waals surface area contributed by atoms with Gasteiger partial charge in [-0.25, -0.2) is 4.21 Å². The van der Waals surface area contributed by atoms with Gasteiger partial charge in [-0.05, 0) is 12.8 Å².